The van der Waals surface area contributed by atoms with Crippen molar-refractivity contribution in [1.82, 2.24) is 15.8 Å². The van der Waals surface area contributed by atoms with E-state index < -0.39 is 0 Å². The Morgan fingerprint density at radius 2 is 2.07 bits per heavy atom. The Morgan fingerprint density at radius 1 is 1.47 bits per heavy atom. The number of hydrogen-bond donors (Lipinski definition) is 2. The van der Waals surface area contributed by atoms with Crippen LogP contribution in [0.1, 0.15) is 13.3 Å². The molecule has 0 saturated carbocycles. The quantitative estimate of drug-likeness (QED) is 0.385. The molecule has 0 aliphatic carbocycles. The predicted octanol–water partition coefficient (Wildman–Crippen LogP) is -0.593. The van der Waals surface area contributed by atoms with Crippen molar-refractivity contribution < 1.29 is 14.3 Å². The fourth-order valence-corrected chi connectivity index (χ4v) is 0.890. The second kappa shape index (κ2) is 6.99. The van der Waals surface area contributed by atoms with Crippen LogP contribution in [0.2, 0.25) is 0 Å². The van der Waals surface area contributed by atoms with Gasteiger partial charge < -0.3 is 10.1 Å². The lowest BCUT2D eigenvalue weighted by Crippen LogP contribution is -2.47. The molecule has 0 aliphatic heterocycles. The van der Waals surface area contributed by atoms with E-state index in [1.54, 1.807) is 7.05 Å². The zero-order valence-corrected chi connectivity index (χ0v) is 9.81. The van der Waals surface area contributed by atoms with Crippen molar-refractivity contribution in [3.05, 3.63) is 0 Å². The number of carbonyl (C=O) groups is 2. The van der Waals surface area contributed by atoms with Crippen molar-refractivity contribution in [1.29, 1.82) is 0 Å². The summed E-state index contributed by atoms with van der Waals surface area (Å²) < 4.78 is 4.44. The minimum absolute atomic E-state index is 0.160. The van der Waals surface area contributed by atoms with E-state index in [1.807, 2.05) is 0 Å². The summed E-state index contributed by atoms with van der Waals surface area (Å²) in [5, 5.41) is 4.29. The Balaban J connectivity index is 3.67. The van der Waals surface area contributed by atoms with Gasteiger partial charge in [0.15, 0.2) is 5.11 Å². The molecule has 0 aromatic heterocycles. The van der Waals surface area contributed by atoms with Crippen LogP contribution in [0, 0.1) is 0 Å². The molecule has 15 heavy (non-hydrogen) atoms. The lowest BCUT2D eigenvalue weighted by Gasteiger charge is -2.18. The highest BCUT2D eigenvalue weighted by molar-refractivity contribution is 7.80. The van der Waals surface area contributed by atoms with Gasteiger partial charge in [0.05, 0.1) is 13.5 Å². The monoisotopic (exact) mass is 233 g/mol. The van der Waals surface area contributed by atoms with Crippen molar-refractivity contribution in [2.75, 3.05) is 20.7 Å². The molecule has 0 spiro atoms. The third-order valence-corrected chi connectivity index (χ3v) is 1.82. The van der Waals surface area contributed by atoms with Crippen LogP contribution in [0.5, 0.6) is 0 Å². The van der Waals surface area contributed by atoms with Crippen LogP contribution in [0.25, 0.3) is 0 Å². The molecule has 7 heteroatoms. The molecular weight excluding hydrogens is 218 g/mol. The molecule has 0 aromatic carbocycles. The first-order chi connectivity index (χ1) is 6.97. The molecule has 86 valence electrons. The van der Waals surface area contributed by atoms with Crippen molar-refractivity contribution in [2.45, 2.75) is 13.3 Å². The Morgan fingerprint density at radius 3 is 2.53 bits per heavy atom. The molecule has 0 radical (unpaired) electrons. The normalized spacial score (nSPS) is 9.00. The van der Waals surface area contributed by atoms with Crippen LogP contribution >= 0.6 is 12.2 Å². The lowest BCUT2D eigenvalue weighted by atomic mass is 10.4. The second-order valence-corrected chi connectivity index (χ2v) is 3.18. The van der Waals surface area contributed by atoms with Crippen molar-refractivity contribution >= 4 is 29.2 Å². The van der Waals surface area contributed by atoms with E-state index >= 15 is 0 Å². The maximum Gasteiger partial charge on any atom is 0.307 e. The minimum atomic E-state index is -0.315. The smallest absolute Gasteiger partial charge is 0.307 e. The van der Waals surface area contributed by atoms with Gasteiger partial charge in [-0.1, -0.05) is 0 Å². The number of nitrogens with one attached hydrogen (secondary N) is 2. The highest BCUT2D eigenvalue weighted by Crippen LogP contribution is 1.82. The van der Waals surface area contributed by atoms with Crippen LogP contribution in [0.3, 0.4) is 0 Å². The number of ether oxygens (including phenoxy) is 1. The number of amides is 1. The molecule has 6 nitrogen and oxygen atoms in total. The van der Waals surface area contributed by atoms with Gasteiger partial charge in [0.1, 0.15) is 0 Å². The largest absolute Gasteiger partial charge is 0.469 e. The summed E-state index contributed by atoms with van der Waals surface area (Å²) in [6.07, 6.45) is 0.224. The zero-order chi connectivity index (χ0) is 11.8. The van der Waals surface area contributed by atoms with Gasteiger partial charge in [-0.05, 0) is 12.2 Å². The molecule has 0 heterocycles. The second-order valence-electron chi connectivity index (χ2n) is 2.77. The van der Waals surface area contributed by atoms with Crippen molar-refractivity contribution in [3.63, 3.8) is 0 Å². The van der Waals surface area contributed by atoms with Gasteiger partial charge in [-0.15, -0.1) is 0 Å². The molecule has 0 rings (SSSR count). The van der Waals surface area contributed by atoms with Crippen LogP contribution in [-0.4, -0.2) is 42.7 Å². The van der Waals surface area contributed by atoms with Gasteiger partial charge in [0, 0.05) is 20.5 Å². The summed E-state index contributed by atoms with van der Waals surface area (Å²) in [5.74, 6) is -0.475. The van der Waals surface area contributed by atoms with Crippen LogP contribution < -0.4 is 10.7 Å². The van der Waals surface area contributed by atoms with Crippen LogP contribution in [-0.2, 0) is 14.3 Å². The molecule has 0 saturated heterocycles. The van der Waals surface area contributed by atoms with E-state index in [9.17, 15) is 9.59 Å². The maximum absolute atomic E-state index is 10.8. The standard InChI is InChI=1S/C8H15N3O3S/c1-6(12)11(2)10-8(15)9-5-4-7(13)14-3/h4-5H2,1-3H3,(H2,9,10,15). The first-order valence-electron chi connectivity index (χ1n) is 4.33. The van der Waals surface area contributed by atoms with Crippen LogP contribution in [0.4, 0.5) is 0 Å². The fourth-order valence-electron chi connectivity index (χ4n) is 0.651. The number of carbonyl (C=O) groups excluding carboxylic acids is 2. The third kappa shape index (κ3) is 6.67. The maximum atomic E-state index is 10.8. The Kier molecular flexibility index (Phi) is 6.35. The average molecular weight is 233 g/mol. The molecule has 1 amide bonds. The van der Waals surface area contributed by atoms with E-state index in [4.69, 9.17) is 12.2 Å². The number of nitrogens with zero attached hydrogens (tertiary/aromatic N) is 1. The molecule has 0 aliphatic rings. The van der Waals surface area contributed by atoms with Crippen molar-refractivity contribution in [3.8, 4) is 0 Å². The van der Waals surface area contributed by atoms with Gasteiger partial charge >= 0.3 is 5.97 Å². The van der Waals surface area contributed by atoms with E-state index in [0.717, 1.165) is 0 Å². The predicted molar refractivity (Wildman–Crippen MR) is 58.8 cm³/mol. The van der Waals surface area contributed by atoms with Crippen molar-refractivity contribution in [2.24, 2.45) is 0 Å². The molecule has 0 unspecified atom stereocenters. The average Bonchev–Trinajstić information content (AvgIpc) is 2.17. The van der Waals surface area contributed by atoms with Gasteiger partial charge in [0.25, 0.3) is 0 Å². The first kappa shape index (κ1) is 13.6. The molecule has 2 N–H and O–H groups in total. The van der Waals surface area contributed by atoms with Gasteiger partial charge in [-0.2, -0.15) is 0 Å². The summed E-state index contributed by atoms with van der Waals surface area (Å²) >= 11 is 4.87. The summed E-state index contributed by atoms with van der Waals surface area (Å²) in [5.41, 5.74) is 2.62. The Labute approximate surface area is 93.9 Å². The van der Waals surface area contributed by atoms with Gasteiger partial charge in [-0.3, -0.25) is 20.0 Å². The summed E-state index contributed by atoms with van der Waals surface area (Å²) in [6.45, 7) is 1.77. The number of methoxy groups -OCH3 is 1. The number of rotatable bonds is 3. The summed E-state index contributed by atoms with van der Waals surface area (Å²) in [4.78, 5) is 21.5. The third-order valence-electron chi connectivity index (χ3n) is 1.58. The molecule has 0 aromatic rings. The number of hydrogen-bond acceptors (Lipinski definition) is 4. The summed E-state index contributed by atoms with van der Waals surface area (Å²) in [7, 11) is 2.87. The SMILES string of the molecule is COC(=O)CCNC(=S)NN(C)C(C)=O. The number of hydrazine groups is 1. The van der Waals surface area contributed by atoms with Crippen LogP contribution in [0.15, 0.2) is 0 Å². The molecular formula is C8H15N3O3S. The highest BCUT2D eigenvalue weighted by atomic mass is 32.1. The zero-order valence-electron chi connectivity index (χ0n) is 8.99. The van der Waals surface area contributed by atoms with Gasteiger partial charge in [-0.25, -0.2) is 0 Å². The summed E-state index contributed by atoms with van der Waals surface area (Å²) in [6, 6.07) is 0. The topological polar surface area (TPSA) is 70.7 Å². The van der Waals surface area contributed by atoms with E-state index in [1.165, 1.54) is 19.0 Å². The Hall–Kier alpha value is -1.37. The molecule has 0 bridgehead atoms. The minimum Gasteiger partial charge on any atom is -0.469 e. The van der Waals surface area contributed by atoms with E-state index in [0.29, 0.717) is 6.54 Å². The molecule has 0 fully saturated rings. The van der Waals surface area contributed by atoms with E-state index in [2.05, 4.69) is 15.5 Å². The van der Waals surface area contributed by atoms with Gasteiger partial charge in [0.2, 0.25) is 5.91 Å². The first-order valence-corrected chi connectivity index (χ1v) is 4.73. The molecule has 0 atom stereocenters. The highest BCUT2D eigenvalue weighted by Gasteiger charge is 2.04. The number of thiocarbonyl (C=S) groups is 1. The fraction of sp³-hybridized carbons (Fsp3) is 0.625. The lowest BCUT2D eigenvalue weighted by molar-refractivity contribution is -0.140. The number of esters is 1. The Bertz CT molecular complexity index is 258. The van der Waals surface area contributed by atoms with E-state index in [-0.39, 0.29) is 23.4 Å².